The second-order valence-corrected chi connectivity index (χ2v) is 20.0. The highest BCUT2D eigenvalue weighted by Crippen LogP contribution is 2.52. The predicted octanol–water partition coefficient (Wildman–Crippen LogP) is 19.9. The molecule has 0 N–H and O–H groups in total. The molecule has 2 aliphatic rings. The lowest BCUT2D eigenvalue weighted by Crippen LogP contribution is -2.11. The Labute approximate surface area is 411 Å². The Balaban J connectivity index is 0.981. The Morgan fingerprint density at radius 2 is 0.690 bits per heavy atom. The van der Waals surface area contributed by atoms with Gasteiger partial charge in [-0.25, -0.2) is 0 Å². The number of para-hydroxylation sites is 6. The molecule has 0 saturated heterocycles. The predicted molar refractivity (Wildman–Crippen MR) is 295 cm³/mol. The third kappa shape index (κ3) is 6.25. The van der Waals surface area contributed by atoms with E-state index >= 15 is 0 Å². The van der Waals surface area contributed by atoms with Crippen molar-refractivity contribution in [3.63, 3.8) is 0 Å². The molecule has 0 atom stereocenters. The zero-order chi connectivity index (χ0) is 46.6. The summed E-state index contributed by atoms with van der Waals surface area (Å²) >= 11 is 0. The fourth-order valence-electron chi connectivity index (χ4n) is 12.9. The molecule has 13 aromatic rings. The van der Waals surface area contributed by atoms with Gasteiger partial charge in [0.05, 0.1) is 22.7 Å². The highest BCUT2D eigenvalue weighted by Gasteiger charge is 2.29. The minimum atomic E-state index is 0.525. The van der Waals surface area contributed by atoms with E-state index in [-0.39, 0.29) is 0 Å². The number of rotatable bonds is 8. The molecule has 2 fully saturated rings. The highest BCUT2D eigenvalue weighted by molar-refractivity contribution is 6.28. The summed E-state index contributed by atoms with van der Waals surface area (Å²) in [6.07, 6.45) is 9.93. The first-order valence-corrected chi connectivity index (χ1v) is 25.6. The normalized spacial score (nSPS) is 14.8. The molecule has 342 valence electrons. The molecule has 0 spiro atoms. The van der Waals surface area contributed by atoms with Crippen molar-refractivity contribution in [3.8, 4) is 0 Å². The van der Waals surface area contributed by atoms with E-state index in [0.717, 1.165) is 111 Å². The molecular weight excluding hydrogens is 869 g/mol. The molecule has 0 bridgehead atoms. The van der Waals surface area contributed by atoms with E-state index < -0.39 is 0 Å². The van der Waals surface area contributed by atoms with Crippen molar-refractivity contribution >= 4 is 121 Å². The molecule has 2 saturated carbocycles. The standard InChI is InChI=1S/C66H50N2O3/c1-3-23-43(24-4-1)67(56-37-17-35-53-51-33-15-31-45(41-19-7-8-20-41)62(51)70-65(53)56)58-39-55-61-49-29-13-11-27-47(49)59(40-60(61)69-64(55)50-30-14-12-28-48(50)58)68(44-25-5-2-6-26-44)57-38-18-36-54-52-34-16-32-46(42-21-9-10-22-42)63(52)71-66(54)57/h1-6,11-18,23-42H,7-10,19-22H2. The average molecular weight is 919 g/mol. The molecule has 2 aliphatic carbocycles. The Bertz CT molecular complexity index is 4210. The summed E-state index contributed by atoms with van der Waals surface area (Å²) in [5, 5.41) is 11.1. The quantitative estimate of drug-likeness (QED) is 0.152. The third-order valence-corrected chi connectivity index (χ3v) is 16.1. The molecule has 10 aromatic carbocycles. The number of anilines is 6. The first-order valence-electron chi connectivity index (χ1n) is 25.6. The van der Waals surface area contributed by atoms with Gasteiger partial charge in [-0.05, 0) is 96.5 Å². The molecule has 0 radical (unpaired) electrons. The molecule has 3 aromatic heterocycles. The van der Waals surface area contributed by atoms with Gasteiger partial charge in [-0.1, -0.05) is 171 Å². The maximum Gasteiger partial charge on any atom is 0.159 e. The maximum atomic E-state index is 7.28. The van der Waals surface area contributed by atoms with Crippen LogP contribution >= 0.6 is 0 Å². The number of hydrogen-bond acceptors (Lipinski definition) is 5. The van der Waals surface area contributed by atoms with E-state index in [9.17, 15) is 0 Å². The molecule has 5 heteroatoms. The summed E-state index contributed by atoms with van der Waals surface area (Å²) in [4.78, 5) is 4.78. The van der Waals surface area contributed by atoms with Crippen molar-refractivity contribution in [2.45, 2.75) is 63.2 Å². The van der Waals surface area contributed by atoms with Gasteiger partial charge in [0.25, 0.3) is 0 Å². The lowest BCUT2D eigenvalue weighted by atomic mass is 9.95. The lowest BCUT2D eigenvalue weighted by molar-refractivity contribution is 0.643. The zero-order valence-electron chi connectivity index (χ0n) is 39.4. The summed E-state index contributed by atoms with van der Waals surface area (Å²) in [5.41, 5.74) is 14.3. The minimum Gasteiger partial charge on any atom is -0.455 e. The summed E-state index contributed by atoms with van der Waals surface area (Å²) in [6, 6.07) is 70.3. The van der Waals surface area contributed by atoms with Crippen molar-refractivity contribution in [1.82, 2.24) is 0 Å². The van der Waals surface area contributed by atoms with Crippen LogP contribution < -0.4 is 9.80 Å². The second-order valence-electron chi connectivity index (χ2n) is 20.0. The first kappa shape index (κ1) is 40.6. The number of nitrogens with zero attached hydrogens (tertiary/aromatic N) is 2. The zero-order valence-corrected chi connectivity index (χ0v) is 39.4. The Morgan fingerprint density at radius 3 is 1.21 bits per heavy atom. The van der Waals surface area contributed by atoms with Crippen LogP contribution in [-0.2, 0) is 0 Å². The van der Waals surface area contributed by atoms with Crippen molar-refractivity contribution in [2.75, 3.05) is 9.80 Å². The van der Waals surface area contributed by atoms with Gasteiger partial charge < -0.3 is 23.1 Å². The van der Waals surface area contributed by atoms with E-state index in [1.807, 2.05) is 0 Å². The number of furan rings is 3. The van der Waals surface area contributed by atoms with Crippen molar-refractivity contribution in [3.05, 3.63) is 205 Å². The van der Waals surface area contributed by atoms with Crippen LogP contribution in [0.15, 0.2) is 207 Å². The van der Waals surface area contributed by atoms with Gasteiger partial charge in [0, 0.05) is 65.9 Å². The summed E-state index contributed by atoms with van der Waals surface area (Å²) in [5.74, 6) is 1.05. The van der Waals surface area contributed by atoms with E-state index in [4.69, 9.17) is 13.3 Å². The second kappa shape index (κ2) is 16.1. The van der Waals surface area contributed by atoms with Crippen LogP contribution in [0.3, 0.4) is 0 Å². The van der Waals surface area contributed by atoms with Gasteiger partial charge in [-0.2, -0.15) is 0 Å². The molecule has 0 aliphatic heterocycles. The van der Waals surface area contributed by atoms with Crippen LogP contribution in [0, 0.1) is 0 Å². The van der Waals surface area contributed by atoms with Crippen molar-refractivity contribution < 1.29 is 13.3 Å². The third-order valence-electron chi connectivity index (χ3n) is 16.1. The molecule has 0 unspecified atom stereocenters. The number of benzene rings is 10. The van der Waals surface area contributed by atoms with E-state index in [0.29, 0.717) is 11.8 Å². The molecule has 15 rings (SSSR count). The van der Waals surface area contributed by atoms with Crippen molar-refractivity contribution in [2.24, 2.45) is 0 Å². The molecule has 3 heterocycles. The van der Waals surface area contributed by atoms with Gasteiger partial charge in [0.1, 0.15) is 22.3 Å². The van der Waals surface area contributed by atoms with Gasteiger partial charge in [0.15, 0.2) is 11.2 Å². The topological polar surface area (TPSA) is 45.9 Å². The Hall–Kier alpha value is -8.28. The monoisotopic (exact) mass is 918 g/mol. The summed E-state index contributed by atoms with van der Waals surface area (Å²) < 4.78 is 21.6. The van der Waals surface area contributed by atoms with Gasteiger partial charge >= 0.3 is 0 Å². The maximum absolute atomic E-state index is 7.28. The van der Waals surface area contributed by atoms with Crippen LogP contribution in [-0.4, -0.2) is 0 Å². The van der Waals surface area contributed by atoms with Crippen molar-refractivity contribution in [1.29, 1.82) is 0 Å². The molecule has 0 amide bonds. The lowest BCUT2D eigenvalue weighted by Gasteiger charge is -2.27. The largest absolute Gasteiger partial charge is 0.455 e. The van der Waals surface area contributed by atoms with Crippen LogP contribution in [0.4, 0.5) is 34.1 Å². The fourth-order valence-corrected chi connectivity index (χ4v) is 12.9. The van der Waals surface area contributed by atoms with Crippen LogP contribution in [0.25, 0.3) is 87.4 Å². The first-order chi connectivity index (χ1) is 35.2. The average Bonchev–Trinajstić information content (AvgIpc) is 4.30. The van der Waals surface area contributed by atoms with Crippen LogP contribution in [0.2, 0.25) is 0 Å². The van der Waals surface area contributed by atoms with Crippen LogP contribution in [0.1, 0.15) is 74.3 Å². The molecule has 5 nitrogen and oxygen atoms in total. The number of hydrogen-bond donors (Lipinski definition) is 0. The molecule has 71 heavy (non-hydrogen) atoms. The highest BCUT2D eigenvalue weighted by atomic mass is 16.3. The number of fused-ring (bicyclic) bond motifs is 13. The summed E-state index contributed by atoms with van der Waals surface area (Å²) in [7, 11) is 0. The fraction of sp³-hybridized carbons (Fsp3) is 0.152. The van der Waals surface area contributed by atoms with Gasteiger partial charge in [-0.3, -0.25) is 0 Å². The Morgan fingerprint density at radius 1 is 0.296 bits per heavy atom. The van der Waals surface area contributed by atoms with E-state index in [1.165, 1.54) is 73.3 Å². The van der Waals surface area contributed by atoms with E-state index in [1.54, 1.807) is 0 Å². The SMILES string of the molecule is c1ccc(N(c2cc3c(oc4cc(N(c5ccccc5)c5cccc6c5oc5c(C7CCCC7)cccc56)c5ccccc5c43)c3ccccc23)c2cccc3c2oc2c(C4CCCC4)cccc23)cc1. The smallest absolute Gasteiger partial charge is 0.159 e. The van der Waals surface area contributed by atoms with Gasteiger partial charge in [0.2, 0.25) is 0 Å². The Kier molecular flexibility index (Phi) is 9.23. The minimum absolute atomic E-state index is 0.525. The van der Waals surface area contributed by atoms with E-state index in [2.05, 4.69) is 204 Å². The molecular formula is C66H50N2O3. The van der Waals surface area contributed by atoms with Gasteiger partial charge in [-0.15, -0.1) is 0 Å². The summed E-state index contributed by atoms with van der Waals surface area (Å²) in [6.45, 7) is 0. The van der Waals surface area contributed by atoms with Crippen LogP contribution in [0.5, 0.6) is 0 Å².